The SMILES string of the molecule is CC(=O)C(F)(F)P.CCCc1ccc(SO)cc1CC. The van der Waals surface area contributed by atoms with Crippen molar-refractivity contribution >= 4 is 27.1 Å². The normalized spacial score (nSPS) is 10.8. The van der Waals surface area contributed by atoms with Crippen molar-refractivity contribution in [2.45, 2.75) is 50.6 Å². The maximum absolute atomic E-state index is 11.5. The Morgan fingerprint density at radius 3 is 2.25 bits per heavy atom. The lowest BCUT2D eigenvalue weighted by Gasteiger charge is -2.07. The van der Waals surface area contributed by atoms with E-state index in [1.807, 2.05) is 6.07 Å². The van der Waals surface area contributed by atoms with Gasteiger partial charge in [-0.1, -0.05) is 35.6 Å². The second-order valence-corrected chi connectivity index (χ2v) is 5.68. The van der Waals surface area contributed by atoms with E-state index in [2.05, 4.69) is 26.0 Å². The Bertz CT molecular complexity index is 434. The standard InChI is InChI=1S/C11H16OS.C3H5F2OP/c1-3-5-10-6-7-11(13-12)8-9(10)4-2;1-2(6)3(4,5)7/h6-8,12H,3-5H2,1-2H3;7H2,1H3. The fourth-order valence-corrected chi connectivity index (χ4v) is 1.83. The van der Waals surface area contributed by atoms with E-state index in [1.54, 1.807) is 0 Å². The molecule has 0 saturated carbocycles. The second kappa shape index (κ2) is 9.43. The van der Waals surface area contributed by atoms with Crippen LogP contribution in [0.4, 0.5) is 8.78 Å². The number of hydrogen-bond acceptors (Lipinski definition) is 3. The lowest BCUT2D eigenvalue weighted by molar-refractivity contribution is -0.130. The van der Waals surface area contributed by atoms with Crippen molar-refractivity contribution in [3.05, 3.63) is 29.3 Å². The van der Waals surface area contributed by atoms with E-state index in [1.165, 1.54) is 17.5 Å². The van der Waals surface area contributed by atoms with Gasteiger partial charge in [0.25, 0.3) is 0 Å². The van der Waals surface area contributed by atoms with Crippen LogP contribution in [0.25, 0.3) is 0 Å². The third-order valence-corrected chi connectivity index (χ3v) is 3.52. The van der Waals surface area contributed by atoms with E-state index < -0.39 is 11.4 Å². The number of alkyl halides is 2. The van der Waals surface area contributed by atoms with Gasteiger partial charge in [-0.25, -0.2) is 0 Å². The van der Waals surface area contributed by atoms with Gasteiger partial charge in [0.15, 0.2) is 0 Å². The summed E-state index contributed by atoms with van der Waals surface area (Å²) >= 11 is 0.825. The summed E-state index contributed by atoms with van der Waals surface area (Å²) in [7, 11) is 1.15. The zero-order chi connectivity index (χ0) is 15.8. The number of hydrogen-bond donors (Lipinski definition) is 1. The molecule has 1 aromatic carbocycles. The molecule has 0 radical (unpaired) electrons. The van der Waals surface area contributed by atoms with Crippen molar-refractivity contribution in [2.75, 3.05) is 0 Å². The second-order valence-electron chi connectivity index (χ2n) is 4.30. The summed E-state index contributed by atoms with van der Waals surface area (Å²) in [6, 6.07) is 6.19. The van der Waals surface area contributed by atoms with Gasteiger partial charge in [-0.05, 0) is 36.1 Å². The highest BCUT2D eigenvalue weighted by Gasteiger charge is 2.27. The molecule has 1 aromatic rings. The number of Topliss-reactive ketones (excluding diaryl/α,β-unsaturated/α-hetero) is 1. The molecule has 0 aliphatic heterocycles. The summed E-state index contributed by atoms with van der Waals surface area (Å²) in [6.07, 6.45) is 3.36. The van der Waals surface area contributed by atoms with Crippen molar-refractivity contribution in [2.24, 2.45) is 0 Å². The van der Waals surface area contributed by atoms with Gasteiger partial charge in [0.1, 0.15) is 0 Å². The van der Waals surface area contributed by atoms with E-state index in [9.17, 15) is 13.6 Å². The minimum atomic E-state index is -3.22. The molecule has 0 amide bonds. The van der Waals surface area contributed by atoms with Crippen LogP contribution in [-0.4, -0.2) is 16.0 Å². The fraction of sp³-hybridized carbons (Fsp3) is 0.500. The van der Waals surface area contributed by atoms with Crippen LogP contribution in [0.2, 0.25) is 0 Å². The molecule has 0 fully saturated rings. The highest BCUT2D eigenvalue weighted by molar-refractivity contribution is 7.93. The number of carbonyl (C=O) groups is 1. The quantitative estimate of drug-likeness (QED) is 0.624. The summed E-state index contributed by atoms with van der Waals surface area (Å²) in [6.45, 7) is 5.18. The lowest BCUT2D eigenvalue weighted by atomic mass is 10.0. The molecule has 20 heavy (non-hydrogen) atoms. The summed E-state index contributed by atoms with van der Waals surface area (Å²) in [5.74, 6) is -1.13. The van der Waals surface area contributed by atoms with Crippen LogP contribution in [0, 0.1) is 0 Å². The average molecular weight is 322 g/mol. The molecule has 1 unspecified atom stereocenters. The van der Waals surface area contributed by atoms with Gasteiger partial charge in [0.05, 0.1) is 0 Å². The predicted molar refractivity (Wildman–Crippen MR) is 83.6 cm³/mol. The van der Waals surface area contributed by atoms with Gasteiger partial charge >= 0.3 is 5.66 Å². The van der Waals surface area contributed by atoms with Gasteiger partial charge in [-0.3, -0.25) is 4.79 Å². The first-order valence-corrected chi connectivity index (χ1v) is 7.72. The summed E-state index contributed by atoms with van der Waals surface area (Å²) < 4.78 is 31.8. The minimum absolute atomic E-state index is 0.825. The Balaban J connectivity index is 0.000000441. The zero-order valence-electron chi connectivity index (χ0n) is 12.0. The molecule has 0 aliphatic carbocycles. The maximum atomic E-state index is 11.5. The zero-order valence-corrected chi connectivity index (χ0v) is 13.9. The van der Waals surface area contributed by atoms with Crippen molar-refractivity contribution in [3.8, 4) is 0 Å². The maximum Gasteiger partial charge on any atom is 0.315 e. The third-order valence-electron chi connectivity index (χ3n) is 2.65. The first-order valence-electron chi connectivity index (χ1n) is 6.37. The third kappa shape index (κ3) is 7.32. The molecule has 114 valence electrons. The van der Waals surface area contributed by atoms with Crippen molar-refractivity contribution in [1.82, 2.24) is 0 Å². The summed E-state index contributed by atoms with van der Waals surface area (Å²) in [5, 5.41) is 0. The molecular weight excluding hydrogens is 301 g/mol. The predicted octanol–water partition coefficient (Wildman–Crippen LogP) is 4.81. The molecule has 6 heteroatoms. The minimum Gasteiger partial charge on any atom is -0.325 e. The average Bonchev–Trinajstić information content (AvgIpc) is 2.39. The van der Waals surface area contributed by atoms with Crippen LogP contribution in [0.3, 0.4) is 0 Å². The van der Waals surface area contributed by atoms with Gasteiger partial charge < -0.3 is 4.55 Å². The molecule has 1 N–H and O–H groups in total. The van der Waals surface area contributed by atoms with Gasteiger partial charge in [-0.15, -0.1) is 0 Å². The topological polar surface area (TPSA) is 37.3 Å². The van der Waals surface area contributed by atoms with E-state index in [0.29, 0.717) is 0 Å². The van der Waals surface area contributed by atoms with Crippen LogP contribution >= 0.6 is 21.3 Å². The van der Waals surface area contributed by atoms with Gasteiger partial charge in [0.2, 0.25) is 5.78 Å². The summed E-state index contributed by atoms with van der Waals surface area (Å²) in [4.78, 5) is 10.6. The molecule has 1 atom stereocenters. The Hall–Kier alpha value is -0.510. The highest BCUT2D eigenvalue weighted by Crippen LogP contribution is 2.22. The van der Waals surface area contributed by atoms with E-state index in [-0.39, 0.29) is 0 Å². The van der Waals surface area contributed by atoms with Crippen LogP contribution in [0.5, 0.6) is 0 Å². The van der Waals surface area contributed by atoms with Gasteiger partial charge in [-0.2, -0.15) is 8.78 Å². The Morgan fingerprint density at radius 1 is 1.35 bits per heavy atom. The molecule has 0 aromatic heterocycles. The van der Waals surface area contributed by atoms with Crippen molar-refractivity contribution < 1.29 is 18.1 Å². The number of aryl methyl sites for hydroxylation is 2. The number of rotatable bonds is 5. The van der Waals surface area contributed by atoms with Crippen LogP contribution in [0.1, 0.15) is 38.3 Å². The molecule has 0 spiro atoms. The van der Waals surface area contributed by atoms with E-state index >= 15 is 0 Å². The molecular formula is C14H21F2O2PS. The molecule has 0 aliphatic rings. The largest absolute Gasteiger partial charge is 0.325 e. The molecule has 1 rings (SSSR count). The smallest absolute Gasteiger partial charge is 0.315 e. The van der Waals surface area contributed by atoms with Crippen molar-refractivity contribution in [3.63, 3.8) is 0 Å². The number of benzene rings is 1. The number of ketones is 1. The lowest BCUT2D eigenvalue weighted by Crippen LogP contribution is -2.15. The first-order chi connectivity index (χ1) is 9.26. The fourth-order valence-electron chi connectivity index (χ4n) is 1.50. The van der Waals surface area contributed by atoms with Crippen LogP contribution < -0.4 is 0 Å². The van der Waals surface area contributed by atoms with Gasteiger partial charge in [0, 0.05) is 23.9 Å². The van der Waals surface area contributed by atoms with E-state index in [4.69, 9.17) is 4.55 Å². The number of carbonyl (C=O) groups excluding carboxylic acids is 1. The van der Waals surface area contributed by atoms with Crippen LogP contribution in [0.15, 0.2) is 23.1 Å². The van der Waals surface area contributed by atoms with Crippen LogP contribution in [-0.2, 0) is 17.6 Å². The summed E-state index contributed by atoms with van der Waals surface area (Å²) in [5.41, 5.74) is -0.441. The number of halogens is 2. The first kappa shape index (κ1) is 19.5. The Morgan fingerprint density at radius 2 is 1.90 bits per heavy atom. The molecule has 0 saturated heterocycles. The molecule has 0 heterocycles. The Kier molecular flexibility index (Phi) is 9.19. The van der Waals surface area contributed by atoms with Crippen molar-refractivity contribution in [1.29, 1.82) is 0 Å². The monoisotopic (exact) mass is 322 g/mol. The van der Waals surface area contributed by atoms with E-state index in [0.717, 1.165) is 45.9 Å². The molecule has 0 bridgehead atoms. The molecule has 2 nitrogen and oxygen atoms in total. The Labute approximate surface area is 125 Å². The highest BCUT2D eigenvalue weighted by atomic mass is 32.2.